The molecule has 0 unspecified atom stereocenters. The van der Waals surface area contributed by atoms with Crippen LogP contribution in [0.5, 0.6) is 0 Å². The van der Waals surface area contributed by atoms with Crippen LogP contribution in [0.15, 0.2) is 34.8 Å². The summed E-state index contributed by atoms with van der Waals surface area (Å²) in [6, 6.07) is 12.3. The van der Waals surface area contributed by atoms with E-state index in [1.165, 1.54) is 15.6 Å². The number of nitriles is 1. The van der Waals surface area contributed by atoms with Crippen molar-refractivity contribution in [3.05, 3.63) is 51.6 Å². The number of halogens is 1. The van der Waals surface area contributed by atoms with Crippen LogP contribution in [0.4, 0.5) is 5.82 Å². The van der Waals surface area contributed by atoms with Gasteiger partial charge in [0, 0.05) is 17.6 Å². The lowest BCUT2D eigenvalue weighted by Gasteiger charge is -2.32. The van der Waals surface area contributed by atoms with E-state index >= 15 is 0 Å². The average molecular weight is 357 g/mol. The summed E-state index contributed by atoms with van der Waals surface area (Å²) in [5, 5.41) is 16.8. The van der Waals surface area contributed by atoms with Crippen molar-refractivity contribution in [1.29, 1.82) is 5.26 Å². The Morgan fingerprint density at radius 2 is 1.95 bits per heavy atom. The first kappa shape index (κ1) is 15.0. The molecule has 112 valence electrons. The molecule has 1 aliphatic rings. The minimum Gasteiger partial charge on any atom is -0.355 e. The molecule has 4 nitrogen and oxygen atoms in total. The Balaban J connectivity index is 1.66. The minimum atomic E-state index is 0.365. The maximum absolute atomic E-state index is 8.77. The van der Waals surface area contributed by atoms with Crippen LogP contribution in [0.2, 0.25) is 0 Å². The predicted molar refractivity (Wildman–Crippen MR) is 89.8 cm³/mol. The van der Waals surface area contributed by atoms with Crippen LogP contribution in [0, 0.1) is 18.3 Å². The van der Waals surface area contributed by atoms with Gasteiger partial charge in [-0.15, -0.1) is 10.2 Å². The molecule has 1 aromatic carbocycles. The summed E-state index contributed by atoms with van der Waals surface area (Å²) in [4.78, 5) is 2.25. The number of nitrogens with zero attached hydrogens (tertiary/aromatic N) is 4. The van der Waals surface area contributed by atoms with Crippen molar-refractivity contribution in [2.24, 2.45) is 0 Å². The number of benzene rings is 1. The first-order valence-corrected chi connectivity index (χ1v) is 8.21. The van der Waals surface area contributed by atoms with E-state index in [0.29, 0.717) is 11.6 Å². The summed E-state index contributed by atoms with van der Waals surface area (Å²) in [6.45, 7) is 4.08. The van der Waals surface area contributed by atoms with Crippen molar-refractivity contribution in [3.63, 3.8) is 0 Å². The molecule has 5 heteroatoms. The second-order valence-electron chi connectivity index (χ2n) is 5.66. The van der Waals surface area contributed by atoms with Gasteiger partial charge in [-0.3, -0.25) is 0 Å². The van der Waals surface area contributed by atoms with E-state index < -0.39 is 0 Å². The normalized spacial score (nSPS) is 15.6. The molecule has 0 spiro atoms. The highest BCUT2D eigenvalue weighted by Crippen LogP contribution is 2.31. The van der Waals surface area contributed by atoms with Crippen molar-refractivity contribution < 1.29 is 0 Å². The predicted octanol–water partition coefficient (Wildman–Crippen LogP) is 3.80. The van der Waals surface area contributed by atoms with Gasteiger partial charge in [0.15, 0.2) is 11.5 Å². The molecule has 0 atom stereocenters. The van der Waals surface area contributed by atoms with E-state index in [9.17, 15) is 0 Å². The molecule has 1 aromatic heterocycles. The summed E-state index contributed by atoms with van der Waals surface area (Å²) in [6.07, 6.45) is 2.23. The molecule has 0 N–H and O–H groups in total. The molecule has 22 heavy (non-hydrogen) atoms. The fourth-order valence-electron chi connectivity index (χ4n) is 2.92. The molecule has 0 saturated carbocycles. The van der Waals surface area contributed by atoms with Crippen LogP contribution in [-0.2, 0) is 0 Å². The maximum atomic E-state index is 8.77. The van der Waals surface area contributed by atoms with Crippen LogP contribution >= 0.6 is 15.9 Å². The molecule has 2 aromatic rings. The van der Waals surface area contributed by atoms with Crippen LogP contribution in [0.25, 0.3) is 0 Å². The van der Waals surface area contributed by atoms with Gasteiger partial charge in [-0.2, -0.15) is 5.26 Å². The van der Waals surface area contributed by atoms with E-state index in [0.717, 1.165) is 31.7 Å². The molecule has 0 radical (unpaired) electrons. The largest absolute Gasteiger partial charge is 0.355 e. The molecule has 3 rings (SSSR count). The summed E-state index contributed by atoms with van der Waals surface area (Å²) in [5.41, 5.74) is 3.08. The fraction of sp³-hybridized carbons (Fsp3) is 0.353. The zero-order valence-electron chi connectivity index (χ0n) is 12.5. The highest BCUT2D eigenvalue weighted by molar-refractivity contribution is 9.10. The third-order valence-electron chi connectivity index (χ3n) is 4.24. The molecule has 0 amide bonds. The van der Waals surface area contributed by atoms with Gasteiger partial charge in [0.05, 0.1) is 0 Å². The van der Waals surface area contributed by atoms with Gasteiger partial charge in [-0.1, -0.05) is 28.1 Å². The fourth-order valence-corrected chi connectivity index (χ4v) is 3.16. The highest BCUT2D eigenvalue weighted by Gasteiger charge is 2.22. The van der Waals surface area contributed by atoms with Crippen molar-refractivity contribution >= 4 is 21.7 Å². The number of aryl methyl sites for hydroxylation is 1. The second-order valence-corrected chi connectivity index (χ2v) is 6.51. The zero-order valence-corrected chi connectivity index (χ0v) is 14.0. The Morgan fingerprint density at radius 1 is 1.18 bits per heavy atom. The van der Waals surface area contributed by atoms with Crippen LogP contribution in [0.3, 0.4) is 0 Å². The first-order valence-electron chi connectivity index (χ1n) is 7.42. The van der Waals surface area contributed by atoms with Gasteiger partial charge in [0.2, 0.25) is 0 Å². The van der Waals surface area contributed by atoms with E-state index in [1.54, 1.807) is 6.07 Å². The maximum Gasteiger partial charge on any atom is 0.163 e. The molecule has 1 aliphatic heterocycles. The molecule has 1 saturated heterocycles. The van der Waals surface area contributed by atoms with Crippen molar-refractivity contribution in [2.75, 3.05) is 18.0 Å². The number of piperidine rings is 1. The molecule has 1 fully saturated rings. The monoisotopic (exact) mass is 356 g/mol. The Morgan fingerprint density at radius 3 is 2.55 bits per heavy atom. The topological polar surface area (TPSA) is 52.8 Å². The summed E-state index contributed by atoms with van der Waals surface area (Å²) < 4.78 is 1.17. The first-order chi connectivity index (χ1) is 10.7. The lowest BCUT2D eigenvalue weighted by Crippen LogP contribution is -2.33. The quantitative estimate of drug-likeness (QED) is 0.820. The summed E-state index contributed by atoms with van der Waals surface area (Å²) >= 11 is 3.56. The lowest BCUT2D eigenvalue weighted by atomic mass is 9.89. The lowest BCUT2D eigenvalue weighted by molar-refractivity contribution is 0.501. The second kappa shape index (κ2) is 6.45. The van der Waals surface area contributed by atoms with Gasteiger partial charge in [0.1, 0.15) is 6.07 Å². The Hall–Kier alpha value is -1.93. The smallest absolute Gasteiger partial charge is 0.163 e. The number of aromatic nitrogens is 2. The SMILES string of the molecule is Cc1cc(C2CCN(c3ccc(C#N)nn3)CC2)ccc1Br. The molecular formula is C17H17BrN4. The standard InChI is InChI=1S/C17H17BrN4/c1-12-10-14(2-4-16(12)18)13-6-8-22(9-7-13)17-5-3-15(11-19)20-21-17/h2-5,10,13H,6-9H2,1H3. The van der Waals surface area contributed by atoms with E-state index in [1.807, 2.05) is 12.1 Å². The average Bonchev–Trinajstić information content (AvgIpc) is 2.58. The van der Waals surface area contributed by atoms with Gasteiger partial charge in [-0.05, 0) is 55.0 Å². The van der Waals surface area contributed by atoms with Crippen molar-refractivity contribution in [1.82, 2.24) is 10.2 Å². The van der Waals surface area contributed by atoms with Crippen molar-refractivity contribution in [2.45, 2.75) is 25.7 Å². The van der Waals surface area contributed by atoms with E-state index in [2.05, 4.69) is 56.2 Å². The Labute approximate surface area is 138 Å². The zero-order chi connectivity index (χ0) is 15.5. The Kier molecular flexibility index (Phi) is 4.39. The van der Waals surface area contributed by atoms with Gasteiger partial charge in [-0.25, -0.2) is 0 Å². The van der Waals surface area contributed by atoms with Crippen molar-refractivity contribution in [3.8, 4) is 6.07 Å². The third-order valence-corrected chi connectivity index (χ3v) is 5.13. The minimum absolute atomic E-state index is 0.365. The number of hydrogen-bond acceptors (Lipinski definition) is 4. The van der Waals surface area contributed by atoms with Gasteiger partial charge in [0.25, 0.3) is 0 Å². The molecule has 0 bridgehead atoms. The van der Waals surface area contributed by atoms with Gasteiger partial charge >= 0.3 is 0 Å². The molecule has 0 aliphatic carbocycles. The van der Waals surface area contributed by atoms with E-state index in [4.69, 9.17) is 5.26 Å². The highest BCUT2D eigenvalue weighted by atomic mass is 79.9. The van der Waals surface area contributed by atoms with Gasteiger partial charge < -0.3 is 4.90 Å². The van der Waals surface area contributed by atoms with Crippen LogP contribution in [0.1, 0.15) is 35.6 Å². The Bertz CT molecular complexity index is 698. The number of rotatable bonds is 2. The number of hydrogen-bond donors (Lipinski definition) is 0. The molecular weight excluding hydrogens is 340 g/mol. The van der Waals surface area contributed by atoms with Crippen LogP contribution in [-0.4, -0.2) is 23.3 Å². The third kappa shape index (κ3) is 3.12. The molecule has 2 heterocycles. The summed E-state index contributed by atoms with van der Waals surface area (Å²) in [7, 11) is 0. The van der Waals surface area contributed by atoms with E-state index in [-0.39, 0.29) is 0 Å². The summed E-state index contributed by atoms with van der Waals surface area (Å²) in [5.74, 6) is 1.47. The van der Waals surface area contributed by atoms with Crippen LogP contribution < -0.4 is 4.90 Å². The number of anilines is 1.